The van der Waals surface area contributed by atoms with E-state index in [-0.39, 0.29) is 34.9 Å². The predicted molar refractivity (Wildman–Crippen MR) is 126 cm³/mol. The summed E-state index contributed by atoms with van der Waals surface area (Å²) in [4.78, 5) is 0. The molecule has 30 heavy (non-hydrogen) atoms. The molecule has 6 nitrogen and oxygen atoms in total. The molecule has 0 saturated carbocycles. The molecule has 0 heterocycles. The van der Waals surface area contributed by atoms with Gasteiger partial charge in [0.05, 0.1) is 60.8 Å². The highest BCUT2D eigenvalue weighted by atomic mass is 35.5. The van der Waals surface area contributed by atoms with E-state index in [0.29, 0.717) is 19.8 Å². The second-order valence-corrected chi connectivity index (χ2v) is 10.5. The van der Waals surface area contributed by atoms with Gasteiger partial charge in [0.15, 0.2) is 0 Å². The molecule has 3 N–H and O–H groups in total. The third-order valence-corrected chi connectivity index (χ3v) is 3.60. The standard InChI is InChI=1S/2C8H18O2.C7H15ClO2/c2*1-5-7(9)6-10-8(2,3)4;1-7(2,3)10-5-6(9)4-8/h2*7,9H,5-6H2,1-4H3;6,9H,4-5H2,1-3H3/t7-;;6-/m1.0/s1. The van der Waals surface area contributed by atoms with Gasteiger partial charge >= 0.3 is 0 Å². The maximum absolute atomic E-state index is 9.10. The summed E-state index contributed by atoms with van der Waals surface area (Å²) in [6, 6.07) is 0. The van der Waals surface area contributed by atoms with Crippen molar-refractivity contribution in [2.75, 3.05) is 25.7 Å². The zero-order valence-corrected chi connectivity index (χ0v) is 22.2. The highest BCUT2D eigenvalue weighted by Gasteiger charge is 2.13. The topological polar surface area (TPSA) is 88.4 Å². The molecule has 0 bridgehead atoms. The van der Waals surface area contributed by atoms with Gasteiger partial charge in [-0.1, -0.05) is 13.8 Å². The fourth-order valence-corrected chi connectivity index (χ4v) is 1.41. The quantitative estimate of drug-likeness (QED) is 0.439. The number of ether oxygens (including phenoxy) is 3. The molecule has 0 aromatic carbocycles. The first-order chi connectivity index (χ1) is 13.4. The number of aliphatic hydroxyl groups is 3. The Morgan fingerprint density at radius 2 is 0.800 bits per heavy atom. The van der Waals surface area contributed by atoms with Gasteiger partial charge in [0.1, 0.15) is 0 Å². The van der Waals surface area contributed by atoms with Gasteiger partial charge < -0.3 is 29.5 Å². The van der Waals surface area contributed by atoms with Gasteiger partial charge in [-0.05, 0) is 75.2 Å². The Balaban J connectivity index is -0.000000364. The van der Waals surface area contributed by atoms with Crippen molar-refractivity contribution >= 4 is 11.6 Å². The average molecular weight is 459 g/mol. The molecule has 0 fully saturated rings. The van der Waals surface area contributed by atoms with E-state index in [1.54, 1.807) is 0 Å². The molecule has 3 atom stereocenters. The minimum absolute atomic E-state index is 0.129. The summed E-state index contributed by atoms with van der Waals surface area (Å²) in [7, 11) is 0. The molecule has 0 rings (SSSR count). The number of halogens is 1. The monoisotopic (exact) mass is 458 g/mol. The van der Waals surface area contributed by atoms with Gasteiger partial charge in [0.2, 0.25) is 0 Å². The molecular formula is C23H51ClO6. The van der Waals surface area contributed by atoms with Crippen LogP contribution < -0.4 is 0 Å². The van der Waals surface area contributed by atoms with Crippen LogP contribution in [0.25, 0.3) is 0 Å². The third kappa shape index (κ3) is 35.5. The van der Waals surface area contributed by atoms with Crippen molar-refractivity contribution < 1.29 is 29.5 Å². The van der Waals surface area contributed by atoms with E-state index in [2.05, 4.69) is 0 Å². The highest BCUT2D eigenvalue weighted by molar-refractivity contribution is 6.18. The summed E-state index contributed by atoms with van der Waals surface area (Å²) >= 11 is 5.35. The van der Waals surface area contributed by atoms with Crippen molar-refractivity contribution in [3.05, 3.63) is 0 Å². The Bertz CT molecular complexity index is 314. The predicted octanol–water partition coefficient (Wildman–Crippen LogP) is 4.55. The summed E-state index contributed by atoms with van der Waals surface area (Å²) in [5, 5.41) is 27.2. The van der Waals surface area contributed by atoms with E-state index in [1.165, 1.54) is 0 Å². The molecule has 0 radical (unpaired) electrons. The maximum atomic E-state index is 9.10. The first kappa shape index (κ1) is 34.7. The van der Waals surface area contributed by atoms with E-state index in [1.807, 2.05) is 76.2 Å². The first-order valence-corrected chi connectivity index (χ1v) is 11.4. The molecule has 7 heteroatoms. The molecule has 0 spiro atoms. The van der Waals surface area contributed by atoms with E-state index < -0.39 is 6.10 Å². The molecule has 0 aliphatic heterocycles. The minimum Gasteiger partial charge on any atom is -0.391 e. The Hall–Kier alpha value is 0.0500. The Morgan fingerprint density at radius 3 is 0.967 bits per heavy atom. The van der Waals surface area contributed by atoms with Crippen LogP contribution in [0.1, 0.15) is 89.0 Å². The molecule has 0 saturated heterocycles. The fourth-order valence-electron chi connectivity index (χ4n) is 1.32. The molecule has 0 aliphatic carbocycles. The van der Waals surface area contributed by atoms with Crippen LogP contribution in [0.4, 0.5) is 0 Å². The molecule has 0 aliphatic rings. The van der Waals surface area contributed by atoms with Crippen molar-refractivity contribution in [1.29, 1.82) is 0 Å². The van der Waals surface area contributed by atoms with Crippen LogP contribution in [-0.2, 0) is 14.2 Å². The summed E-state index contributed by atoms with van der Waals surface area (Å²) in [5.74, 6) is 0.232. The van der Waals surface area contributed by atoms with Crippen LogP contribution in [-0.4, -0.2) is 76.1 Å². The Morgan fingerprint density at radius 1 is 0.567 bits per heavy atom. The van der Waals surface area contributed by atoms with Gasteiger partial charge in [-0.15, -0.1) is 11.6 Å². The summed E-state index contributed by atoms with van der Waals surface area (Å²) in [5.41, 5.74) is -0.445. The van der Waals surface area contributed by atoms with Crippen molar-refractivity contribution in [2.45, 2.75) is 124 Å². The fraction of sp³-hybridized carbons (Fsp3) is 1.00. The minimum atomic E-state index is -0.541. The number of hydrogen-bond donors (Lipinski definition) is 3. The highest BCUT2D eigenvalue weighted by Crippen LogP contribution is 2.09. The van der Waals surface area contributed by atoms with Gasteiger partial charge in [-0.3, -0.25) is 0 Å². The van der Waals surface area contributed by atoms with Crippen LogP contribution in [0, 0.1) is 0 Å². The number of hydrogen-bond acceptors (Lipinski definition) is 6. The maximum Gasteiger partial charge on any atom is 0.0908 e. The summed E-state index contributed by atoms with van der Waals surface area (Å²) < 4.78 is 15.9. The van der Waals surface area contributed by atoms with Gasteiger partial charge in [-0.25, -0.2) is 0 Å². The van der Waals surface area contributed by atoms with Crippen LogP contribution in [0.3, 0.4) is 0 Å². The van der Waals surface area contributed by atoms with E-state index in [9.17, 15) is 0 Å². The summed E-state index contributed by atoms with van der Waals surface area (Å²) in [6.07, 6.45) is 0.367. The Kier molecular flexibility index (Phi) is 20.3. The molecule has 0 aromatic rings. The van der Waals surface area contributed by atoms with Crippen LogP contribution >= 0.6 is 11.6 Å². The lowest BCUT2D eigenvalue weighted by molar-refractivity contribution is -0.0493. The van der Waals surface area contributed by atoms with Crippen LogP contribution in [0.2, 0.25) is 0 Å². The third-order valence-electron chi connectivity index (χ3n) is 3.25. The lowest BCUT2D eigenvalue weighted by atomic mass is 10.2. The van der Waals surface area contributed by atoms with E-state index >= 15 is 0 Å². The molecule has 0 amide bonds. The van der Waals surface area contributed by atoms with Gasteiger partial charge in [0.25, 0.3) is 0 Å². The van der Waals surface area contributed by atoms with Crippen LogP contribution in [0.15, 0.2) is 0 Å². The van der Waals surface area contributed by atoms with E-state index in [0.717, 1.165) is 12.8 Å². The molecule has 1 unspecified atom stereocenters. The lowest BCUT2D eigenvalue weighted by Gasteiger charge is -2.21. The van der Waals surface area contributed by atoms with Crippen molar-refractivity contribution in [1.82, 2.24) is 0 Å². The SMILES string of the molecule is CC(C)(C)OC[C@@H](O)CCl.CCC(O)COC(C)(C)C.CC[C@@H](O)COC(C)(C)C. The van der Waals surface area contributed by atoms with Crippen molar-refractivity contribution in [3.8, 4) is 0 Å². The Labute approximate surface area is 191 Å². The zero-order chi connectivity index (χ0) is 24.6. The van der Waals surface area contributed by atoms with Gasteiger partial charge in [0, 0.05) is 0 Å². The normalized spacial score (nSPS) is 15.3. The van der Waals surface area contributed by atoms with Crippen molar-refractivity contribution in [3.63, 3.8) is 0 Å². The summed E-state index contributed by atoms with van der Waals surface area (Å²) in [6.45, 7) is 22.8. The second-order valence-electron chi connectivity index (χ2n) is 10.2. The smallest absolute Gasteiger partial charge is 0.0908 e. The second kappa shape index (κ2) is 17.6. The number of aliphatic hydroxyl groups excluding tert-OH is 3. The first-order valence-electron chi connectivity index (χ1n) is 10.9. The van der Waals surface area contributed by atoms with E-state index in [4.69, 9.17) is 41.1 Å². The molecule has 186 valence electrons. The lowest BCUT2D eigenvalue weighted by Crippen LogP contribution is -2.26. The number of alkyl halides is 1. The molecule has 0 aromatic heterocycles. The average Bonchev–Trinajstić information content (AvgIpc) is 2.61. The zero-order valence-electron chi connectivity index (χ0n) is 21.4. The van der Waals surface area contributed by atoms with Gasteiger partial charge in [-0.2, -0.15) is 0 Å². The largest absolute Gasteiger partial charge is 0.391 e. The number of rotatable bonds is 9. The van der Waals surface area contributed by atoms with Crippen LogP contribution in [0.5, 0.6) is 0 Å². The van der Waals surface area contributed by atoms with Crippen molar-refractivity contribution in [2.24, 2.45) is 0 Å². The molecular weight excluding hydrogens is 408 g/mol.